The van der Waals surface area contributed by atoms with Crippen molar-refractivity contribution in [2.75, 3.05) is 19.7 Å². The molecule has 0 aromatic carbocycles. The van der Waals surface area contributed by atoms with Crippen LogP contribution in [0.25, 0.3) is 0 Å². The van der Waals surface area contributed by atoms with Gasteiger partial charge in [0.15, 0.2) is 0 Å². The van der Waals surface area contributed by atoms with Gasteiger partial charge in [0, 0.05) is 12.6 Å². The Morgan fingerprint density at radius 3 is 2.62 bits per heavy atom. The first-order valence-electron chi connectivity index (χ1n) is 6.01. The molecule has 4 N–H and O–H groups in total. The molecule has 1 aliphatic carbocycles. The number of carbonyl (C=O) groups is 1. The largest absolute Gasteiger partial charge is 0.394 e. The Bertz CT molecular complexity index is 205. The van der Waals surface area contributed by atoms with Crippen molar-refractivity contribution in [3.63, 3.8) is 0 Å². The van der Waals surface area contributed by atoms with E-state index in [1.54, 1.807) is 0 Å². The van der Waals surface area contributed by atoms with Crippen molar-refractivity contribution in [1.82, 2.24) is 10.6 Å². The van der Waals surface area contributed by atoms with Crippen molar-refractivity contribution in [3.8, 4) is 0 Å². The molecule has 94 valence electrons. The molecule has 1 aliphatic rings. The molecule has 1 fully saturated rings. The Balaban J connectivity index is 2.05. The summed E-state index contributed by atoms with van der Waals surface area (Å²) in [6, 6.07) is 0.325. The van der Waals surface area contributed by atoms with Gasteiger partial charge >= 0.3 is 0 Å². The molecule has 0 bridgehead atoms. The average Bonchev–Trinajstić information content (AvgIpc) is 2.30. The van der Waals surface area contributed by atoms with Gasteiger partial charge in [-0.1, -0.05) is 19.3 Å². The first-order valence-corrected chi connectivity index (χ1v) is 6.01. The van der Waals surface area contributed by atoms with E-state index in [9.17, 15) is 4.79 Å². The lowest BCUT2D eigenvalue weighted by Gasteiger charge is -2.22. The second-order valence-electron chi connectivity index (χ2n) is 4.37. The van der Waals surface area contributed by atoms with Gasteiger partial charge in [0.25, 0.3) is 0 Å². The van der Waals surface area contributed by atoms with E-state index in [4.69, 9.17) is 10.2 Å². The van der Waals surface area contributed by atoms with E-state index in [-0.39, 0.29) is 25.6 Å². The van der Waals surface area contributed by atoms with Gasteiger partial charge in [0.05, 0.1) is 19.3 Å². The normalized spacial score (nSPS) is 19.4. The zero-order chi connectivity index (χ0) is 11.8. The van der Waals surface area contributed by atoms with E-state index < -0.39 is 6.10 Å². The van der Waals surface area contributed by atoms with Gasteiger partial charge in [-0.3, -0.25) is 4.79 Å². The van der Waals surface area contributed by atoms with Crippen molar-refractivity contribution in [2.24, 2.45) is 0 Å². The molecular weight excluding hydrogens is 208 g/mol. The first-order chi connectivity index (χ1) is 7.72. The third-order valence-corrected chi connectivity index (χ3v) is 2.85. The zero-order valence-electron chi connectivity index (χ0n) is 9.61. The molecule has 0 heterocycles. The lowest BCUT2D eigenvalue weighted by Crippen LogP contribution is -2.43. The zero-order valence-corrected chi connectivity index (χ0v) is 9.61. The summed E-state index contributed by atoms with van der Waals surface area (Å²) in [5, 5.41) is 23.4. The number of amides is 1. The Hall–Kier alpha value is -0.650. The second-order valence-corrected chi connectivity index (χ2v) is 4.37. The third-order valence-electron chi connectivity index (χ3n) is 2.85. The Morgan fingerprint density at radius 1 is 1.31 bits per heavy atom. The summed E-state index contributed by atoms with van der Waals surface area (Å²) in [6.07, 6.45) is 5.02. The van der Waals surface area contributed by atoms with E-state index in [1.807, 2.05) is 0 Å². The smallest absolute Gasteiger partial charge is 0.234 e. The fourth-order valence-electron chi connectivity index (χ4n) is 1.94. The quantitative estimate of drug-likeness (QED) is 0.490. The van der Waals surface area contributed by atoms with Gasteiger partial charge in [-0.2, -0.15) is 0 Å². The predicted molar refractivity (Wildman–Crippen MR) is 61.0 cm³/mol. The second kappa shape index (κ2) is 7.60. The maximum absolute atomic E-state index is 11.5. The van der Waals surface area contributed by atoms with Crippen LogP contribution in [0.4, 0.5) is 0 Å². The van der Waals surface area contributed by atoms with Crippen LogP contribution < -0.4 is 10.6 Å². The fourth-order valence-corrected chi connectivity index (χ4v) is 1.94. The number of aliphatic hydroxyl groups is 2. The lowest BCUT2D eigenvalue weighted by molar-refractivity contribution is -0.121. The van der Waals surface area contributed by atoms with Crippen LogP contribution in [0.15, 0.2) is 0 Å². The Morgan fingerprint density at radius 2 is 2.00 bits per heavy atom. The highest BCUT2D eigenvalue weighted by molar-refractivity contribution is 5.78. The molecule has 5 heteroatoms. The maximum Gasteiger partial charge on any atom is 0.234 e. The summed E-state index contributed by atoms with van der Waals surface area (Å²) in [6.45, 7) is 0.166. The van der Waals surface area contributed by atoms with Crippen molar-refractivity contribution < 1.29 is 15.0 Å². The molecule has 0 aromatic heterocycles. The number of hydrogen-bond donors (Lipinski definition) is 4. The van der Waals surface area contributed by atoms with Crippen LogP contribution in [0, 0.1) is 0 Å². The summed E-state index contributed by atoms with van der Waals surface area (Å²) in [5.41, 5.74) is 0. The van der Waals surface area contributed by atoms with Crippen LogP contribution in [0.5, 0.6) is 0 Å². The highest BCUT2D eigenvalue weighted by Crippen LogP contribution is 2.16. The standard InChI is InChI=1S/C11H22N2O3/c14-8-10(15)6-12-7-11(16)13-9-4-2-1-3-5-9/h9-10,12,14-15H,1-8H2,(H,13,16). The predicted octanol–water partition coefficient (Wildman–Crippen LogP) is -0.622. The molecule has 1 unspecified atom stereocenters. The maximum atomic E-state index is 11.5. The molecule has 1 atom stereocenters. The topological polar surface area (TPSA) is 81.6 Å². The Kier molecular flexibility index (Phi) is 6.37. The number of hydrogen-bond acceptors (Lipinski definition) is 4. The number of rotatable bonds is 6. The number of aliphatic hydroxyl groups excluding tert-OH is 2. The SMILES string of the molecule is O=C(CNCC(O)CO)NC1CCCCC1. The van der Waals surface area contributed by atoms with Crippen molar-refractivity contribution >= 4 is 5.91 Å². The fraction of sp³-hybridized carbons (Fsp3) is 0.909. The molecule has 0 saturated heterocycles. The average molecular weight is 230 g/mol. The minimum Gasteiger partial charge on any atom is -0.394 e. The van der Waals surface area contributed by atoms with E-state index in [0.29, 0.717) is 6.04 Å². The van der Waals surface area contributed by atoms with Gasteiger partial charge in [-0.05, 0) is 12.8 Å². The summed E-state index contributed by atoms with van der Waals surface area (Å²) in [7, 11) is 0. The molecule has 16 heavy (non-hydrogen) atoms. The first kappa shape index (κ1) is 13.4. The molecule has 1 amide bonds. The van der Waals surface area contributed by atoms with Crippen LogP contribution in [0.2, 0.25) is 0 Å². The third kappa shape index (κ3) is 5.44. The van der Waals surface area contributed by atoms with Gasteiger partial charge in [0.1, 0.15) is 0 Å². The molecule has 1 saturated carbocycles. The minimum absolute atomic E-state index is 0.0305. The summed E-state index contributed by atoms with van der Waals surface area (Å²) in [5.74, 6) is -0.0305. The van der Waals surface area contributed by atoms with E-state index in [2.05, 4.69) is 10.6 Å². The van der Waals surface area contributed by atoms with Crippen LogP contribution >= 0.6 is 0 Å². The molecule has 0 aromatic rings. The van der Waals surface area contributed by atoms with Gasteiger partial charge in [-0.25, -0.2) is 0 Å². The van der Waals surface area contributed by atoms with Crippen LogP contribution in [0.1, 0.15) is 32.1 Å². The number of carbonyl (C=O) groups excluding carboxylic acids is 1. The lowest BCUT2D eigenvalue weighted by atomic mass is 9.95. The van der Waals surface area contributed by atoms with Crippen molar-refractivity contribution in [3.05, 3.63) is 0 Å². The van der Waals surface area contributed by atoms with Gasteiger partial charge in [-0.15, -0.1) is 0 Å². The van der Waals surface area contributed by atoms with Crippen LogP contribution in [-0.4, -0.2) is 48.0 Å². The molecule has 1 rings (SSSR count). The summed E-state index contributed by atoms with van der Waals surface area (Å²) in [4.78, 5) is 11.5. The summed E-state index contributed by atoms with van der Waals surface area (Å²) >= 11 is 0. The summed E-state index contributed by atoms with van der Waals surface area (Å²) < 4.78 is 0. The van der Waals surface area contributed by atoms with Crippen molar-refractivity contribution in [2.45, 2.75) is 44.2 Å². The van der Waals surface area contributed by atoms with Crippen LogP contribution in [-0.2, 0) is 4.79 Å². The molecule has 0 spiro atoms. The number of nitrogens with one attached hydrogen (secondary N) is 2. The van der Waals surface area contributed by atoms with Gasteiger partial charge < -0.3 is 20.8 Å². The van der Waals surface area contributed by atoms with E-state index in [0.717, 1.165) is 12.8 Å². The van der Waals surface area contributed by atoms with Crippen molar-refractivity contribution in [1.29, 1.82) is 0 Å². The molecule has 0 aliphatic heterocycles. The van der Waals surface area contributed by atoms with E-state index in [1.165, 1.54) is 19.3 Å². The monoisotopic (exact) mass is 230 g/mol. The van der Waals surface area contributed by atoms with Crippen LogP contribution in [0.3, 0.4) is 0 Å². The van der Waals surface area contributed by atoms with E-state index >= 15 is 0 Å². The highest BCUT2D eigenvalue weighted by atomic mass is 16.3. The molecule has 0 radical (unpaired) electrons. The van der Waals surface area contributed by atoms with Gasteiger partial charge in [0.2, 0.25) is 5.91 Å². The Labute approximate surface area is 96.2 Å². The minimum atomic E-state index is -0.789. The molecular formula is C11H22N2O3. The molecule has 5 nitrogen and oxygen atoms in total. The highest BCUT2D eigenvalue weighted by Gasteiger charge is 2.15.